The molecule has 0 aliphatic carbocycles. The van der Waals surface area contributed by atoms with Crippen LogP contribution in [-0.4, -0.2) is 28.3 Å². The molecule has 0 aliphatic heterocycles. The number of thiophene rings is 1. The predicted octanol–water partition coefficient (Wildman–Crippen LogP) is 4.76. The van der Waals surface area contributed by atoms with Gasteiger partial charge in [-0.2, -0.15) is 9.78 Å². The lowest BCUT2D eigenvalue weighted by molar-refractivity contribution is 0.0520. The van der Waals surface area contributed by atoms with E-state index in [1.54, 1.807) is 30.5 Å². The summed E-state index contributed by atoms with van der Waals surface area (Å²) in [6.45, 7) is 1.76. The molecule has 0 spiro atoms. The maximum Gasteiger partial charge on any atom is 0.359 e. The zero-order valence-corrected chi connectivity index (χ0v) is 18.5. The highest BCUT2D eigenvalue weighted by Gasteiger charge is 2.24. The summed E-state index contributed by atoms with van der Waals surface area (Å²) in [4.78, 5) is 38.9. The number of carbonyl (C=O) groups is 2. The SMILES string of the molecule is CCOC(=O)c1nn(-c2ccc(F)cc2)c(=O)c2c(NC(=O)c3cc4ccccc4o3)scc12. The van der Waals surface area contributed by atoms with Crippen molar-refractivity contribution in [2.75, 3.05) is 11.9 Å². The standard InChI is InChI=1S/C24H16FN3O5S/c1-2-32-24(31)20-16-12-34-22(26-21(29)18-11-13-5-3-4-6-17(13)33-18)19(16)23(30)28(27-20)15-9-7-14(25)8-10-15/h3-12H,2H2,1H3,(H,26,29). The van der Waals surface area contributed by atoms with Gasteiger partial charge in [0.25, 0.3) is 11.5 Å². The normalized spacial score (nSPS) is 11.1. The monoisotopic (exact) mass is 477 g/mol. The van der Waals surface area contributed by atoms with Crippen molar-refractivity contribution in [3.8, 4) is 5.69 Å². The maximum absolute atomic E-state index is 13.4. The van der Waals surface area contributed by atoms with Gasteiger partial charge in [-0.05, 0) is 43.3 Å². The van der Waals surface area contributed by atoms with Gasteiger partial charge in [0.05, 0.1) is 17.7 Å². The molecule has 10 heteroatoms. The average molecular weight is 477 g/mol. The molecule has 5 rings (SSSR count). The number of hydrogen-bond acceptors (Lipinski definition) is 7. The highest BCUT2D eigenvalue weighted by molar-refractivity contribution is 7.16. The minimum atomic E-state index is -0.726. The van der Waals surface area contributed by atoms with E-state index >= 15 is 0 Å². The Morgan fingerprint density at radius 3 is 2.68 bits per heavy atom. The summed E-state index contributed by atoms with van der Waals surface area (Å²) in [5.41, 5.74) is 0.118. The number of amides is 1. The first-order valence-corrected chi connectivity index (χ1v) is 11.1. The summed E-state index contributed by atoms with van der Waals surface area (Å²) in [5, 5.41) is 9.74. The number of nitrogens with one attached hydrogen (secondary N) is 1. The molecule has 0 fully saturated rings. The first-order chi connectivity index (χ1) is 16.5. The highest BCUT2D eigenvalue weighted by atomic mass is 32.1. The second kappa shape index (κ2) is 8.56. The molecule has 170 valence electrons. The number of anilines is 1. The molecule has 1 amide bonds. The number of halogens is 1. The first kappa shape index (κ1) is 21.5. The van der Waals surface area contributed by atoms with Gasteiger partial charge in [-0.15, -0.1) is 11.3 Å². The summed E-state index contributed by atoms with van der Waals surface area (Å²) < 4.78 is 25.1. The largest absolute Gasteiger partial charge is 0.461 e. The van der Waals surface area contributed by atoms with Gasteiger partial charge in [0.15, 0.2) is 11.5 Å². The quantitative estimate of drug-likeness (QED) is 0.366. The molecule has 3 aromatic heterocycles. The zero-order chi connectivity index (χ0) is 23.8. The van der Waals surface area contributed by atoms with Crippen LogP contribution in [-0.2, 0) is 4.74 Å². The molecule has 2 aromatic carbocycles. The zero-order valence-electron chi connectivity index (χ0n) is 17.7. The van der Waals surface area contributed by atoms with Crippen LogP contribution < -0.4 is 10.9 Å². The molecule has 0 bridgehead atoms. The summed E-state index contributed by atoms with van der Waals surface area (Å²) >= 11 is 1.07. The van der Waals surface area contributed by atoms with Crippen LogP contribution in [0.4, 0.5) is 9.39 Å². The van der Waals surface area contributed by atoms with Gasteiger partial charge in [-0.25, -0.2) is 9.18 Å². The molecular formula is C24H16FN3O5S. The Labute approximate surface area is 195 Å². The fourth-order valence-corrected chi connectivity index (χ4v) is 4.44. The van der Waals surface area contributed by atoms with E-state index in [1.807, 2.05) is 12.1 Å². The van der Waals surface area contributed by atoms with Gasteiger partial charge in [-0.3, -0.25) is 9.59 Å². The van der Waals surface area contributed by atoms with Crippen molar-refractivity contribution in [3.05, 3.63) is 87.6 Å². The van der Waals surface area contributed by atoms with E-state index in [-0.39, 0.29) is 39.5 Å². The smallest absolute Gasteiger partial charge is 0.359 e. The van der Waals surface area contributed by atoms with Crippen LogP contribution in [0.5, 0.6) is 0 Å². The van der Waals surface area contributed by atoms with E-state index in [0.29, 0.717) is 5.58 Å². The Kier molecular flexibility index (Phi) is 5.42. The Balaban J connectivity index is 1.63. The van der Waals surface area contributed by atoms with Gasteiger partial charge < -0.3 is 14.5 Å². The van der Waals surface area contributed by atoms with Crippen molar-refractivity contribution in [2.24, 2.45) is 0 Å². The maximum atomic E-state index is 13.4. The lowest BCUT2D eigenvalue weighted by atomic mass is 10.2. The molecule has 3 heterocycles. The summed E-state index contributed by atoms with van der Waals surface area (Å²) in [6.07, 6.45) is 0. The molecule has 1 N–H and O–H groups in total. The van der Waals surface area contributed by atoms with Crippen molar-refractivity contribution in [1.29, 1.82) is 0 Å². The molecule has 0 saturated heterocycles. The number of para-hydroxylation sites is 1. The Morgan fingerprint density at radius 1 is 1.18 bits per heavy atom. The lowest BCUT2D eigenvalue weighted by Gasteiger charge is -2.09. The Morgan fingerprint density at radius 2 is 1.94 bits per heavy atom. The minimum Gasteiger partial charge on any atom is -0.461 e. The van der Waals surface area contributed by atoms with Crippen molar-refractivity contribution < 1.29 is 23.1 Å². The number of rotatable bonds is 5. The van der Waals surface area contributed by atoms with E-state index in [4.69, 9.17) is 9.15 Å². The third kappa shape index (κ3) is 3.73. The van der Waals surface area contributed by atoms with Gasteiger partial charge in [-0.1, -0.05) is 18.2 Å². The molecular weight excluding hydrogens is 461 g/mol. The van der Waals surface area contributed by atoms with E-state index in [2.05, 4.69) is 10.4 Å². The highest BCUT2D eigenvalue weighted by Crippen LogP contribution is 2.31. The number of esters is 1. The summed E-state index contributed by atoms with van der Waals surface area (Å²) in [5.74, 6) is -1.70. The molecule has 0 radical (unpaired) electrons. The van der Waals surface area contributed by atoms with Crippen molar-refractivity contribution >= 4 is 50.0 Å². The summed E-state index contributed by atoms with van der Waals surface area (Å²) in [7, 11) is 0. The average Bonchev–Trinajstić information content (AvgIpc) is 3.45. The molecule has 0 atom stereocenters. The van der Waals surface area contributed by atoms with Crippen LogP contribution in [0.1, 0.15) is 28.0 Å². The van der Waals surface area contributed by atoms with Gasteiger partial charge in [0.2, 0.25) is 0 Å². The molecule has 8 nitrogen and oxygen atoms in total. The third-order valence-electron chi connectivity index (χ3n) is 5.07. The number of carbonyl (C=O) groups excluding carboxylic acids is 2. The van der Waals surface area contributed by atoms with Crippen LogP contribution in [0.25, 0.3) is 27.4 Å². The van der Waals surface area contributed by atoms with Crippen LogP contribution in [0, 0.1) is 5.82 Å². The van der Waals surface area contributed by atoms with Gasteiger partial charge >= 0.3 is 5.97 Å². The fourth-order valence-electron chi connectivity index (χ4n) is 3.51. The minimum absolute atomic E-state index is 0.0706. The van der Waals surface area contributed by atoms with Crippen LogP contribution in [0.3, 0.4) is 0 Å². The Hall–Kier alpha value is -4.31. The lowest BCUT2D eigenvalue weighted by Crippen LogP contribution is -2.25. The number of benzene rings is 2. The van der Waals surface area contributed by atoms with Crippen LogP contribution in [0.2, 0.25) is 0 Å². The second-order valence-electron chi connectivity index (χ2n) is 7.22. The third-order valence-corrected chi connectivity index (χ3v) is 5.96. The van der Waals surface area contributed by atoms with Gasteiger partial charge in [0.1, 0.15) is 16.4 Å². The van der Waals surface area contributed by atoms with E-state index in [1.165, 1.54) is 24.3 Å². The van der Waals surface area contributed by atoms with Gasteiger partial charge in [0, 0.05) is 16.2 Å². The molecule has 5 aromatic rings. The van der Waals surface area contributed by atoms with Crippen LogP contribution >= 0.6 is 11.3 Å². The van der Waals surface area contributed by atoms with E-state index < -0.39 is 23.3 Å². The Bertz CT molecular complexity index is 1580. The second-order valence-corrected chi connectivity index (χ2v) is 8.10. The van der Waals surface area contributed by atoms with E-state index in [9.17, 15) is 18.8 Å². The molecule has 0 aliphatic rings. The fraction of sp³-hybridized carbons (Fsp3) is 0.0833. The summed E-state index contributed by atoms with van der Waals surface area (Å²) in [6, 6.07) is 13.9. The number of fused-ring (bicyclic) bond motifs is 2. The number of aromatic nitrogens is 2. The molecule has 34 heavy (non-hydrogen) atoms. The topological polar surface area (TPSA) is 103 Å². The van der Waals surface area contributed by atoms with E-state index in [0.717, 1.165) is 21.4 Å². The van der Waals surface area contributed by atoms with Crippen molar-refractivity contribution in [2.45, 2.75) is 6.92 Å². The van der Waals surface area contributed by atoms with Crippen LogP contribution in [0.15, 0.2) is 69.2 Å². The van der Waals surface area contributed by atoms with Crippen molar-refractivity contribution in [1.82, 2.24) is 9.78 Å². The number of furan rings is 1. The van der Waals surface area contributed by atoms with Crippen molar-refractivity contribution in [3.63, 3.8) is 0 Å². The number of ether oxygens (including phenoxy) is 1. The molecule has 0 unspecified atom stereocenters. The predicted molar refractivity (Wildman–Crippen MR) is 125 cm³/mol. The first-order valence-electron chi connectivity index (χ1n) is 10.2. The molecule has 0 saturated carbocycles. The number of hydrogen-bond donors (Lipinski definition) is 1. The number of nitrogens with zero attached hydrogens (tertiary/aromatic N) is 2.